The first-order valence-electron chi connectivity index (χ1n) is 6.30. The Labute approximate surface area is 133 Å². The molecule has 3 rings (SSSR count). The minimum atomic E-state index is -5.10. The number of thioether (sulfide) groups is 1. The average Bonchev–Trinajstić information content (AvgIpc) is 2.71. The van der Waals surface area contributed by atoms with Crippen molar-refractivity contribution in [2.24, 2.45) is 4.99 Å². The highest BCUT2D eigenvalue weighted by Gasteiger charge is 2.60. The third-order valence-corrected chi connectivity index (χ3v) is 5.97. The van der Waals surface area contributed by atoms with E-state index >= 15 is 0 Å². The third kappa shape index (κ3) is 2.56. The van der Waals surface area contributed by atoms with Gasteiger partial charge in [-0.05, 0) is 30.0 Å². The number of nitrogens with zero attached hydrogens (tertiary/aromatic N) is 2. The molecule has 2 heterocycles. The second-order valence-corrected chi connectivity index (χ2v) is 8.53. The fourth-order valence-corrected chi connectivity index (χ4v) is 4.82. The summed E-state index contributed by atoms with van der Waals surface area (Å²) in [5.41, 5.74) is -3.14. The van der Waals surface area contributed by atoms with Gasteiger partial charge in [0.25, 0.3) is 5.72 Å². The zero-order valence-electron chi connectivity index (χ0n) is 11.6. The molecular weight excluding hydrogens is 357 g/mol. The van der Waals surface area contributed by atoms with Crippen LogP contribution in [0.4, 0.5) is 18.9 Å². The second kappa shape index (κ2) is 4.77. The Morgan fingerprint density at radius 1 is 1.43 bits per heavy atom. The van der Waals surface area contributed by atoms with Crippen molar-refractivity contribution in [3.63, 3.8) is 0 Å². The molecule has 0 amide bonds. The molecule has 0 aliphatic carbocycles. The van der Waals surface area contributed by atoms with Gasteiger partial charge in [-0.15, -0.1) is 0 Å². The molecule has 0 spiro atoms. The van der Waals surface area contributed by atoms with Crippen LogP contribution in [0.1, 0.15) is 6.42 Å². The average molecular weight is 368 g/mol. The normalized spacial score (nSPS) is 27.4. The molecule has 0 fully saturated rings. The van der Waals surface area contributed by atoms with Gasteiger partial charge in [0, 0.05) is 17.6 Å². The van der Waals surface area contributed by atoms with E-state index in [9.17, 15) is 31.8 Å². The van der Waals surface area contributed by atoms with E-state index < -0.39 is 33.5 Å². The molecule has 2 aliphatic rings. The topological polar surface area (TPSA) is 90.2 Å². The number of aliphatic imine (C=N–C) groups is 1. The number of aromatic hydroxyl groups is 1. The van der Waals surface area contributed by atoms with E-state index in [-0.39, 0.29) is 10.9 Å². The number of rotatable bonds is 1. The fourth-order valence-electron chi connectivity index (χ4n) is 2.45. The van der Waals surface area contributed by atoms with Gasteiger partial charge in [-0.2, -0.15) is 13.2 Å². The lowest BCUT2D eigenvalue weighted by molar-refractivity contribution is -0.259. The number of alkyl halides is 3. The largest absolute Gasteiger partial charge is 0.508 e. The maximum atomic E-state index is 13.1. The highest BCUT2D eigenvalue weighted by Crippen LogP contribution is 2.50. The number of benzene rings is 1. The molecule has 2 atom stereocenters. The van der Waals surface area contributed by atoms with Crippen LogP contribution in [0.15, 0.2) is 28.1 Å². The van der Waals surface area contributed by atoms with Crippen LogP contribution in [0.25, 0.3) is 0 Å². The van der Waals surface area contributed by atoms with Crippen molar-refractivity contribution in [2.75, 3.05) is 11.2 Å². The number of anilines is 1. The van der Waals surface area contributed by atoms with Crippen LogP contribution in [-0.4, -0.2) is 47.3 Å². The fraction of sp³-hybridized carbons (Fsp3) is 0.417. The van der Waals surface area contributed by atoms with Crippen LogP contribution in [0.2, 0.25) is 0 Å². The summed E-state index contributed by atoms with van der Waals surface area (Å²) in [6.07, 6.45) is -5.42. The first kappa shape index (κ1) is 16.4. The van der Waals surface area contributed by atoms with Crippen molar-refractivity contribution < 1.29 is 31.8 Å². The molecule has 2 N–H and O–H groups in total. The maximum Gasteiger partial charge on any atom is 0.438 e. The number of fused-ring (bicyclic) bond motifs is 3. The zero-order chi connectivity index (χ0) is 17.2. The van der Waals surface area contributed by atoms with E-state index in [4.69, 9.17) is 0 Å². The maximum absolute atomic E-state index is 13.1. The lowest BCUT2D eigenvalue weighted by Crippen LogP contribution is -2.57. The molecule has 1 aromatic carbocycles. The van der Waals surface area contributed by atoms with Crippen LogP contribution < -0.4 is 4.90 Å². The Balaban J connectivity index is 2.20. The van der Waals surface area contributed by atoms with E-state index in [0.717, 1.165) is 22.9 Å². The Hall–Kier alpha value is -1.46. The molecule has 0 saturated carbocycles. The number of phenolic OH excluding ortho intramolecular Hbond substituents is 1. The van der Waals surface area contributed by atoms with Crippen LogP contribution in [0.3, 0.4) is 0 Å². The Morgan fingerprint density at radius 3 is 2.65 bits per heavy atom. The molecule has 11 heteroatoms. The third-order valence-electron chi connectivity index (χ3n) is 3.59. The van der Waals surface area contributed by atoms with E-state index in [0.29, 0.717) is 10.6 Å². The monoisotopic (exact) mass is 368 g/mol. The zero-order valence-corrected chi connectivity index (χ0v) is 13.2. The molecule has 0 radical (unpaired) electrons. The molecule has 6 nitrogen and oxygen atoms in total. The van der Waals surface area contributed by atoms with Crippen molar-refractivity contribution in [3.8, 4) is 5.75 Å². The summed E-state index contributed by atoms with van der Waals surface area (Å²) in [5.74, 6) is -0.112. The number of phenols is 1. The highest BCUT2D eigenvalue weighted by atomic mass is 32.2. The van der Waals surface area contributed by atoms with Crippen LogP contribution >= 0.6 is 11.8 Å². The SMILES string of the molecule is CS(=O)(=O)[C@H]1C[C@@](O)(C(F)(F)F)N=C2Sc3cc(O)ccc3N21. The number of sulfone groups is 1. The van der Waals surface area contributed by atoms with E-state index in [2.05, 4.69) is 4.99 Å². The quantitative estimate of drug-likeness (QED) is 0.784. The number of amidine groups is 1. The molecule has 0 aromatic heterocycles. The van der Waals surface area contributed by atoms with Gasteiger partial charge in [0.2, 0.25) is 0 Å². The predicted octanol–water partition coefficient (Wildman–Crippen LogP) is 1.69. The molecule has 0 saturated heterocycles. The van der Waals surface area contributed by atoms with Gasteiger partial charge in [0.05, 0.1) is 5.69 Å². The van der Waals surface area contributed by atoms with Crippen molar-refractivity contribution in [1.82, 2.24) is 0 Å². The standard InChI is InChI=1S/C12H11F3N2O4S2/c1-23(20,21)9-5-11(19,12(13,14)15)16-10-17(9)7-3-2-6(18)4-8(7)22-10/h2-4,9,18-19H,5H2,1H3/t9-,11+/m0/s1. The summed E-state index contributed by atoms with van der Waals surface area (Å²) in [7, 11) is -3.95. The highest BCUT2D eigenvalue weighted by molar-refractivity contribution is 8.15. The molecule has 0 unspecified atom stereocenters. The smallest absolute Gasteiger partial charge is 0.438 e. The van der Waals surface area contributed by atoms with Crippen LogP contribution in [0.5, 0.6) is 5.75 Å². The van der Waals surface area contributed by atoms with Crippen molar-refractivity contribution in [2.45, 2.75) is 28.6 Å². The molecule has 2 aliphatic heterocycles. The first-order valence-corrected chi connectivity index (χ1v) is 9.07. The summed E-state index contributed by atoms with van der Waals surface area (Å²) >= 11 is 0.764. The molecule has 1 aromatic rings. The van der Waals surface area contributed by atoms with Gasteiger partial charge in [0.15, 0.2) is 15.0 Å². The second-order valence-electron chi connectivity index (χ2n) is 5.32. The molecule has 0 bridgehead atoms. The molecule has 126 valence electrons. The van der Waals surface area contributed by atoms with E-state index in [1.807, 2.05) is 0 Å². The Morgan fingerprint density at radius 2 is 2.09 bits per heavy atom. The summed E-state index contributed by atoms with van der Waals surface area (Å²) in [5, 5.41) is 17.4. The van der Waals surface area contributed by atoms with Crippen LogP contribution in [-0.2, 0) is 9.84 Å². The Kier molecular flexibility index (Phi) is 3.40. The Bertz CT molecular complexity index is 809. The van der Waals surface area contributed by atoms with E-state index in [1.54, 1.807) is 0 Å². The summed E-state index contributed by atoms with van der Waals surface area (Å²) in [6, 6.07) is 4.00. The van der Waals surface area contributed by atoms with Gasteiger partial charge in [-0.3, -0.25) is 0 Å². The first-order chi connectivity index (χ1) is 10.4. The van der Waals surface area contributed by atoms with Crippen molar-refractivity contribution in [3.05, 3.63) is 18.2 Å². The van der Waals surface area contributed by atoms with E-state index in [1.165, 1.54) is 18.2 Å². The summed E-state index contributed by atoms with van der Waals surface area (Å²) in [6.45, 7) is 0. The number of halogens is 3. The van der Waals surface area contributed by atoms with Crippen molar-refractivity contribution in [1.29, 1.82) is 0 Å². The number of aliphatic hydroxyl groups is 1. The molecule has 23 heavy (non-hydrogen) atoms. The summed E-state index contributed by atoms with van der Waals surface area (Å²) < 4.78 is 63.3. The van der Waals surface area contributed by atoms with Crippen LogP contribution in [0, 0.1) is 0 Å². The lowest BCUT2D eigenvalue weighted by Gasteiger charge is -2.39. The number of hydrogen-bond acceptors (Lipinski definition) is 7. The van der Waals surface area contributed by atoms with Gasteiger partial charge in [0.1, 0.15) is 11.1 Å². The molecular formula is C12H11F3N2O4S2. The minimum Gasteiger partial charge on any atom is -0.508 e. The minimum absolute atomic E-state index is 0.112. The van der Waals surface area contributed by atoms with Gasteiger partial charge in [-0.25, -0.2) is 13.4 Å². The van der Waals surface area contributed by atoms with Gasteiger partial charge < -0.3 is 15.1 Å². The van der Waals surface area contributed by atoms with Gasteiger partial charge in [-0.1, -0.05) is 0 Å². The number of hydrogen-bond donors (Lipinski definition) is 2. The van der Waals surface area contributed by atoms with Gasteiger partial charge >= 0.3 is 6.18 Å². The predicted molar refractivity (Wildman–Crippen MR) is 78.1 cm³/mol. The van der Waals surface area contributed by atoms with Crippen molar-refractivity contribution >= 4 is 32.5 Å². The summed E-state index contributed by atoms with van der Waals surface area (Å²) in [4.78, 5) is 4.86. The lowest BCUT2D eigenvalue weighted by atomic mass is 10.1.